The molecule has 0 unspecified atom stereocenters. The molecule has 0 saturated heterocycles. The van der Waals surface area contributed by atoms with Gasteiger partial charge in [-0.15, -0.1) is 0 Å². The summed E-state index contributed by atoms with van der Waals surface area (Å²) in [5.74, 6) is 1.03. The van der Waals surface area contributed by atoms with Crippen molar-refractivity contribution < 1.29 is 9.53 Å². The lowest BCUT2D eigenvalue weighted by Gasteiger charge is -2.15. The van der Waals surface area contributed by atoms with Gasteiger partial charge in [0, 0.05) is 12.0 Å². The fourth-order valence-corrected chi connectivity index (χ4v) is 2.33. The minimum atomic E-state index is 0.224. The molecule has 90 valence electrons. The van der Waals surface area contributed by atoms with Crippen LogP contribution in [0.5, 0.6) is 5.75 Å². The van der Waals surface area contributed by atoms with Crippen molar-refractivity contribution in [3.63, 3.8) is 0 Å². The normalized spacial score (nSPS) is 18.8. The Balaban J connectivity index is 2.53. The Morgan fingerprint density at radius 2 is 2.00 bits per heavy atom. The first-order valence-electron chi connectivity index (χ1n) is 5.98. The van der Waals surface area contributed by atoms with E-state index in [4.69, 9.17) is 4.74 Å². The summed E-state index contributed by atoms with van der Waals surface area (Å²) < 4.78 is 5.29. The zero-order valence-electron chi connectivity index (χ0n) is 10.7. The van der Waals surface area contributed by atoms with Crippen LogP contribution in [0.25, 0.3) is 0 Å². The van der Waals surface area contributed by atoms with Gasteiger partial charge in [0.2, 0.25) is 0 Å². The van der Waals surface area contributed by atoms with Crippen LogP contribution in [-0.4, -0.2) is 12.9 Å². The van der Waals surface area contributed by atoms with E-state index in [1.54, 1.807) is 7.11 Å². The second-order valence-electron chi connectivity index (χ2n) is 4.67. The lowest BCUT2D eigenvalue weighted by molar-refractivity contribution is 0.0982. The average Bonchev–Trinajstić information content (AvgIpc) is 2.27. The minimum Gasteiger partial charge on any atom is -0.496 e. The summed E-state index contributed by atoms with van der Waals surface area (Å²) in [5.41, 5.74) is 4.39. The monoisotopic (exact) mass is 230 g/mol. The van der Waals surface area contributed by atoms with E-state index in [0.717, 1.165) is 35.3 Å². The standard InChI is InChI=1S/C15H18O2/c1-10-5-4-6-14(16)13-9-15(17-3)11(2)8-12(13)7-10/h5,8-9H,4,6-7H2,1-3H3/b10-5-. The van der Waals surface area contributed by atoms with E-state index in [1.165, 1.54) is 5.57 Å². The van der Waals surface area contributed by atoms with E-state index in [0.29, 0.717) is 6.42 Å². The highest BCUT2D eigenvalue weighted by atomic mass is 16.5. The van der Waals surface area contributed by atoms with Gasteiger partial charge in [-0.3, -0.25) is 4.79 Å². The molecule has 2 heteroatoms. The van der Waals surface area contributed by atoms with Gasteiger partial charge >= 0.3 is 0 Å². The van der Waals surface area contributed by atoms with E-state index in [-0.39, 0.29) is 5.78 Å². The number of methoxy groups -OCH3 is 1. The second kappa shape index (κ2) is 4.74. The summed E-state index contributed by atoms with van der Waals surface area (Å²) in [6, 6.07) is 3.97. The number of fused-ring (bicyclic) bond motifs is 1. The molecule has 1 aliphatic carbocycles. The molecule has 0 spiro atoms. The Hall–Kier alpha value is -1.57. The number of ether oxygens (including phenoxy) is 1. The summed E-state index contributed by atoms with van der Waals surface area (Å²) in [5, 5.41) is 0. The molecule has 2 nitrogen and oxygen atoms in total. The minimum absolute atomic E-state index is 0.224. The molecule has 2 rings (SSSR count). The Morgan fingerprint density at radius 3 is 2.71 bits per heavy atom. The van der Waals surface area contributed by atoms with E-state index in [1.807, 2.05) is 13.0 Å². The first kappa shape index (κ1) is 11.9. The van der Waals surface area contributed by atoms with Crippen molar-refractivity contribution in [1.82, 2.24) is 0 Å². The number of benzene rings is 1. The molecule has 0 heterocycles. The van der Waals surface area contributed by atoms with Crippen LogP contribution in [0.3, 0.4) is 0 Å². The molecule has 0 bridgehead atoms. The third-order valence-corrected chi connectivity index (χ3v) is 3.25. The zero-order chi connectivity index (χ0) is 12.4. The van der Waals surface area contributed by atoms with E-state index >= 15 is 0 Å². The molecule has 0 radical (unpaired) electrons. The van der Waals surface area contributed by atoms with Crippen LogP contribution < -0.4 is 4.74 Å². The maximum atomic E-state index is 12.1. The third kappa shape index (κ3) is 2.41. The number of ketones is 1. The molecule has 1 aliphatic rings. The van der Waals surface area contributed by atoms with Crippen LogP contribution in [0.4, 0.5) is 0 Å². The van der Waals surface area contributed by atoms with Gasteiger partial charge in [0.1, 0.15) is 5.75 Å². The Labute approximate surface area is 102 Å². The van der Waals surface area contributed by atoms with Gasteiger partial charge in [0.05, 0.1) is 7.11 Å². The van der Waals surface area contributed by atoms with Gasteiger partial charge in [-0.05, 0) is 43.9 Å². The molecular formula is C15H18O2. The number of allylic oxidation sites excluding steroid dienone is 2. The number of rotatable bonds is 1. The molecule has 0 atom stereocenters. The van der Waals surface area contributed by atoms with Gasteiger partial charge in [-0.1, -0.05) is 17.7 Å². The molecule has 17 heavy (non-hydrogen) atoms. The summed E-state index contributed by atoms with van der Waals surface area (Å²) in [4.78, 5) is 12.1. The number of carbonyl (C=O) groups excluding carboxylic acids is 1. The highest BCUT2D eigenvalue weighted by molar-refractivity contribution is 5.98. The van der Waals surface area contributed by atoms with Crippen molar-refractivity contribution in [3.8, 4) is 5.75 Å². The number of carbonyl (C=O) groups is 1. The maximum absolute atomic E-state index is 12.1. The third-order valence-electron chi connectivity index (χ3n) is 3.25. The molecule has 0 N–H and O–H groups in total. The van der Waals surface area contributed by atoms with Crippen LogP contribution in [0.1, 0.15) is 41.3 Å². The Morgan fingerprint density at radius 1 is 1.24 bits per heavy atom. The van der Waals surface area contributed by atoms with Crippen molar-refractivity contribution in [2.45, 2.75) is 33.1 Å². The highest BCUT2D eigenvalue weighted by Crippen LogP contribution is 2.27. The van der Waals surface area contributed by atoms with Crippen molar-refractivity contribution in [3.05, 3.63) is 40.5 Å². The quantitative estimate of drug-likeness (QED) is 0.690. The topological polar surface area (TPSA) is 26.3 Å². The fourth-order valence-electron chi connectivity index (χ4n) is 2.33. The molecule has 0 amide bonds. The van der Waals surface area contributed by atoms with Crippen molar-refractivity contribution in [1.29, 1.82) is 0 Å². The maximum Gasteiger partial charge on any atom is 0.163 e. The van der Waals surface area contributed by atoms with Crippen molar-refractivity contribution >= 4 is 5.78 Å². The number of Topliss-reactive ketones (excluding diaryl/α,β-unsaturated/α-hetero) is 1. The van der Waals surface area contributed by atoms with Crippen LogP contribution in [0.15, 0.2) is 23.8 Å². The fraction of sp³-hybridized carbons (Fsp3) is 0.400. The van der Waals surface area contributed by atoms with Gasteiger partial charge < -0.3 is 4.74 Å². The molecule has 0 aliphatic heterocycles. The van der Waals surface area contributed by atoms with Crippen LogP contribution in [0, 0.1) is 6.92 Å². The van der Waals surface area contributed by atoms with Crippen LogP contribution in [-0.2, 0) is 6.42 Å². The molecule has 1 aromatic rings. The number of hydrogen-bond acceptors (Lipinski definition) is 2. The zero-order valence-corrected chi connectivity index (χ0v) is 10.7. The largest absolute Gasteiger partial charge is 0.496 e. The summed E-state index contributed by atoms with van der Waals surface area (Å²) in [6.45, 7) is 4.14. The highest BCUT2D eigenvalue weighted by Gasteiger charge is 2.16. The Bertz CT molecular complexity index is 484. The number of hydrogen-bond donors (Lipinski definition) is 0. The predicted octanol–water partition coefficient (Wildman–Crippen LogP) is 3.47. The van der Waals surface area contributed by atoms with Gasteiger partial charge in [-0.2, -0.15) is 0 Å². The van der Waals surface area contributed by atoms with Gasteiger partial charge in [0.15, 0.2) is 5.78 Å². The van der Waals surface area contributed by atoms with Gasteiger partial charge in [0.25, 0.3) is 0 Å². The molecular weight excluding hydrogens is 212 g/mol. The SMILES string of the molecule is COc1cc2c(cc1C)C/C(C)=C\CCC2=O. The summed E-state index contributed by atoms with van der Waals surface area (Å²) in [6.07, 6.45) is 4.48. The van der Waals surface area contributed by atoms with Crippen molar-refractivity contribution in [2.75, 3.05) is 7.11 Å². The van der Waals surface area contributed by atoms with Crippen LogP contribution in [0.2, 0.25) is 0 Å². The predicted molar refractivity (Wildman–Crippen MR) is 68.8 cm³/mol. The number of aryl methyl sites for hydroxylation is 1. The lowest BCUT2D eigenvalue weighted by atomic mass is 9.91. The lowest BCUT2D eigenvalue weighted by Crippen LogP contribution is -2.08. The summed E-state index contributed by atoms with van der Waals surface area (Å²) in [7, 11) is 1.65. The van der Waals surface area contributed by atoms with E-state index in [2.05, 4.69) is 19.1 Å². The van der Waals surface area contributed by atoms with E-state index in [9.17, 15) is 4.79 Å². The molecule has 0 fully saturated rings. The average molecular weight is 230 g/mol. The van der Waals surface area contributed by atoms with Crippen LogP contribution >= 0.6 is 0 Å². The van der Waals surface area contributed by atoms with E-state index < -0.39 is 0 Å². The van der Waals surface area contributed by atoms with Crippen molar-refractivity contribution in [2.24, 2.45) is 0 Å². The molecule has 0 saturated carbocycles. The second-order valence-corrected chi connectivity index (χ2v) is 4.67. The molecule has 0 aromatic heterocycles. The van der Waals surface area contributed by atoms with Gasteiger partial charge in [-0.25, -0.2) is 0 Å². The Kier molecular flexibility index (Phi) is 3.32. The summed E-state index contributed by atoms with van der Waals surface area (Å²) >= 11 is 0. The molecule has 1 aromatic carbocycles. The first-order chi connectivity index (χ1) is 8.11. The first-order valence-corrected chi connectivity index (χ1v) is 5.98. The smallest absolute Gasteiger partial charge is 0.163 e.